The molecule has 0 aliphatic heterocycles. The quantitative estimate of drug-likeness (QED) is 0.930. The maximum atomic E-state index is 13.4. The Balaban J connectivity index is 2.25. The van der Waals surface area contributed by atoms with Gasteiger partial charge in [-0.2, -0.15) is 0 Å². The second-order valence-electron chi connectivity index (χ2n) is 4.28. The summed E-state index contributed by atoms with van der Waals surface area (Å²) in [6, 6.07) is 7.98. The van der Waals surface area contributed by atoms with Crippen LogP contribution >= 0.6 is 0 Å². The Labute approximate surface area is 114 Å². The molecule has 0 aliphatic carbocycles. The third kappa shape index (κ3) is 2.93. The zero-order valence-corrected chi connectivity index (χ0v) is 10.7. The van der Waals surface area contributed by atoms with Crippen molar-refractivity contribution in [3.8, 4) is 5.75 Å². The fraction of sp³-hybridized carbons (Fsp3) is 0.133. The maximum absolute atomic E-state index is 13.4. The molecule has 0 bridgehead atoms. The molecule has 0 amide bonds. The van der Waals surface area contributed by atoms with E-state index in [4.69, 9.17) is 9.84 Å². The smallest absolute Gasteiger partial charge is 0.342 e. The van der Waals surface area contributed by atoms with E-state index in [1.165, 1.54) is 24.3 Å². The highest BCUT2D eigenvalue weighted by Gasteiger charge is 2.17. The Morgan fingerprint density at radius 3 is 2.70 bits per heavy atom. The highest BCUT2D eigenvalue weighted by molar-refractivity contribution is 5.91. The number of hydrogen-bond donors (Lipinski definition) is 1. The number of aryl methyl sites for hydroxylation is 1. The van der Waals surface area contributed by atoms with Gasteiger partial charge in [-0.05, 0) is 42.3 Å². The molecule has 0 aromatic heterocycles. The summed E-state index contributed by atoms with van der Waals surface area (Å²) in [5.74, 6) is -2.77. The van der Waals surface area contributed by atoms with Crippen molar-refractivity contribution in [3.63, 3.8) is 0 Å². The van der Waals surface area contributed by atoms with E-state index in [2.05, 4.69) is 0 Å². The molecule has 0 fully saturated rings. The van der Waals surface area contributed by atoms with Crippen molar-refractivity contribution >= 4 is 5.97 Å². The van der Waals surface area contributed by atoms with Crippen molar-refractivity contribution in [2.75, 3.05) is 0 Å². The number of carboxylic acids is 1. The fourth-order valence-electron chi connectivity index (χ4n) is 1.78. The lowest BCUT2D eigenvalue weighted by Gasteiger charge is -2.11. The Morgan fingerprint density at radius 2 is 2.00 bits per heavy atom. The summed E-state index contributed by atoms with van der Waals surface area (Å²) in [5.41, 5.74) is 0.854. The van der Waals surface area contributed by atoms with Gasteiger partial charge in [0, 0.05) is 0 Å². The highest BCUT2D eigenvalue weighted by atomic mass is 19.1. The Hall–Kier alpha value is -2.43. The van der Waals surface area contributed by atoms with Crippen molar-refractivity contribution in [1.82, 2.24) is 0 Å². The van der Waals surface area contributed by atoms with Gasteiger partial charge in [-0.3, -0.25) is 0 Å². The van der Waals surface area contributed by atoms with Gasteiger partial charge in [-0.15, -0.1) is 0 Å². The van der Waals surface area contributed by atoms with Crippen LogP contribution < -0.4 is 4.74 Å². The minimum atomic E-state index is -1.41. The van der Waals surface area contributed by atoms with Crippen molar-refractivity contribution in [2.45, 2.75) is 13.5 Å². The predicted molar refractivity (Wildman–Crippen MR) is 68.8 cm³/mol. The van der Waals surface area contributed by atoms with E-state index < -0.39 is 23.2 Å². The van der Waals surface area contributed by atoms with Crippen LogP contribution in [0, 0.1) is 18.6 Å². The van der Waals surface area contributed by atoms with E-state index in [-0.39, 0.29) is 12.4 Å². The van der Waals surface area contributed by atoms with Gasteiger partial charge < -0.3 is 9.84 Å². The first-order valence-corrected chi connectivity index (χ1v) is 5.88. The van der Waals surface area contributed by atoms with Crippen LogP contribution in [-0.4, -0.2) is 11.1 Å². The molecule has 0 heterocycles. The van der Waals surface area contributed by atoms with Gasteiger partial charge in [0.2, 0.25) is 0 Å². The number of carboxylic acid groups (broad SMARTS) is 1. The van der Waals surface area contributed by atoms with Gasteiger partial charge in [0.1, 0.15) is 29.6 Å². The molecule has 2 aromatic carbocycles. The SMILES string of the molecule is Cc1ccc(F)cc1COc1cccc(F)c1C(=O)O. The summed E-state index contributed by atoms with van der Waals surface area (Å²) in [5, 5.41) is 8.96. The first-order chi connectivity index (χ1) is 9.49. The van der Waals surface area contributed by atoms with Crippen LogP contribution in [0.1, 0.15) is 21.5 Å². The van der Waals surface area contributed by atoms with Crippen molar-refractivity contribution in [2.24, 2.45) is 0 Å². The van der Waals surface area contributed by atoms with Crippen LogP contribution in [0.15, 0.2) is 36.4 Å². The van der Waals surface area contributed by atoms with Crippen LogP contribution in [0.3, 0.4) is 0 Å². The summed E-state index contributed by atoms with van der Waals surface area (Å²) in [6.07, 6.45) is 0. The number of ether oxygens (including phenoxy) is 1. The van der Waals surface area contributed by atoms with Gasteiger partial charge in [-0.25, -0.2) is 13.6 Å². The van der Waals surface area contributed by atoms with E-state index in [0.29, 0.717) is 5.56 Å². The summed E-state index contributed by atoms with van der Waals surface area (Å²) in [4.78, 5) is 11.0. The Bertz CT molecular complexity index is 654. The van der Waals surface area contributed by atoms with Gasteiger partial charge in [0.25, 0.3) is 0 Å². The number of aromatic carboxylic acids is 1. The summed E-state index contributed by atoms with van der Waals surface area (Å²) >= 11 is 0. The van der Waals surface area contributed by atoms with Crippen LogP contribution in [0.2, 0.25) is 0 Å². The molecule has 0 saturated carbocycles. The largest absolute Gasteiger partial charge is 0.488 e. The lowest BCUT2D eigenvalue weighted by atomic mass is 10.1. The molecule has 0 aliphatic rings. The van der Waals surface area contributed by atoms with E-state index in [1.54, 1.807) is 13.0 Å². The average Bonchev–Trinajstić information content (AvgIpc) is 2.39. The molecule has 0 unspecified atom stereocenters. The summed E-state index contributed by atoms with van der Waals surface area (Å²) in [7, 11) is 0. The zero-order chi connectivity index (χ0) is 14.7. The van der Waals surface area contributed by atoms with Crippen LogP contribution in [0.4, 0.5) is 8.78 Å². The van der Waals surface area contributed by atoms with Gasteiger partial charge in [0.15, 0.2) is 0 Å². The number of benzene rings is 2. The summed E-state index contributed by atoms with van der Waals surface area (Å²) in [6.45, 7) is 1.75. The highest BCUT2D eigenvalue weighted by Crippen LogP contribution is 2.23. The lowest BCUT2D eigenvalue weighted by molar-refractivity contribution is 0.0686. The predicted octanol–water partition coefficient (Wildman–Crippen LogP) is 3.55. The second kappa shape index (κ2) is 5.69. The molecule has 2 aromatic rings. The molecule has 0 spiro atoms. The van der Waals surface area contributed by atoms with E-state index in [9.17, 15) is 13.6 Å². The number of halogens is 2. The van der Waals surface area contributed by atoms with Crippen molar-refractivity contribution in [3.05, 3.63) is 64.7 Å². The normalized spacial score (nSPS) is 10.3. The molecule has 0 saturated heterocycles. The number of hydrogen-bond acceptors (Lipinski definition) is 2. The molecular formula is C15H12F2O3. The lowest BCUT2D eigenvalue weighted by Crippen LogP contribution is -2.06. The molecule has 3 nitrogen and oxygen atoms in total. The monoisotopic (exact) mass is 278 g/mol. The van der Waals surface area contributed by atoms with E-state index >= 15 is 0 Å². The Kier molecular flexibility index (Phi) is 3.98. The minimum Gasteiger partial charge on any atom is -0.488 e. The molecule has 0 radical (unpaired) electrons. The van der Waals surface area contributed by atoms with Gasteiger partial charge in [0.05, 0.1) is 0 Å². The average molecular weight is 278 g/mol. The molecule has 1 N–H and O–H groups in total. The van der Waals surface area contributed by atoms with E-state index in [1.807, 2.05) is 0 Å². The van der Waals surface area contributed by atoms with Crippen molar-refractivity contribution in [1.29, 1.82) is 0 Å². The van der Waals surface area contributed by atoms with Crippen LogP contribution in [0.25, 0.3) is 0 Å². The minimum absolute atomic E-state index is 0.0344. The first-order valence-electron chi connectivity index (χ1n) is 5.88. The first kappa shape index (κ1) is 14.0. The molecule has 2 rings (SSSR count). The van der Waals surface area contributed by atoms with E-state index in [0.717, 1.165) is 11.6 Å². The second-order valence-corrected chi connectivity index (χ2v) is 4.28. The van der Waals surface area contributed by atoms with Gasteiger partial charge in [-0.1, -0.05) is 12.1 Å². The van der Waals surface area contributed by atoms with Crippen LogP contribution in [-0.2, 0) is 6.61 Å². The van der Waals surface area contributed by atoms with Gasteiger partial charge >= 0.3 is 5.97 Å². The van der Waals surface area contributed by atoms with Crippen molar-refractivity contribution < 1.29 is 23.4 Å². The standard InChI is InChI=1S/C15H12F2O3/c1-9-5-6-11(16)7-10(9)8-20-13-4-2-3-12(17)14(13)15(18)19/h2-7H,8H2,1H3,(H,18,19). The van der Waals surface area contributed by atoms with Crippen LogP contribution in [0.5, 0.6) is 5.75 Å². The zero-order valence-electron chi connectivity index (χ0n) is 10.7. The third-order valence-corrected chi connectivity index (χ3v) is 2.88. The molecule has 5 heteroatoms. The topological polar surface area (TPSA) is 46.5 Å². The molecule has 104 valence electrons. The Morgan fingerprint density at radius 1 is 1.25 bits per heavy atom. The third-order valence-electron chi connectivity index (χ3n) is 2.88. The number of carbonyl (C=O) groups is 1. The maximum Gasteiger partial charge on any atom is 0.342 e. The molecule has 20 heavy (non-hydrogen) atoms. The number of rotatable bonds is 4. The summed E-state index contributed by atoms with van der Waals surface area (Å²) < 4.78 is 31.9. The molecular weight excluding hydrogens is 266 g/mol. The fourth-order valence-corrected chi connectivity index (χ4v) is 1.78. The molecule has 0 atom stereocenters.